The molecule has 0 bridgehead atoms. The van der Waals surface area contributed by atoms with E-state index in [1.807, 2.05) is 12.3 Å². The van der Waals surface area contributed by atoms with Crippen LogP contribution in [0.3, 0.4) is 0 Å². The summed E-state index contributed by atoms with van der Waals surface area (Å²) >= 11 is 0. The second-order valence-electron chi connectivity index (χ2n) is 8.54. The molecule has 5 nitrogen and oxygen atoms in total. The Morgan fingerprint density at radius 2 is 1.70 bits per heavy atom. The Kier molecular flexibility index (Phi) is 6.80. The first-order valence-corrected chi connectivity index (χ1v) is 11.7. The number of aryl methyl sites for hydroxylation is 1. The molecule has 1 saturated heterocycles. The van der Waals surface area contributed by atoms with Crippen molar-refractivity contribution >= 4 is 35.2 Å². The van der Waals surface area contributed by atoms with E-state index >= 15 is 0 Å². The molecule has 2 aromatic heterocycles. The first-order chi connectivity index (χ1) is 16.3. The van der Waals surface area contributed by atoms with Crippen LogP contribution in [-0.2, 0) is 11.2 Å². The maximum absolute atomic E-state index is 5.42. The molecule has 1 aliphatic heterocycles. The molecule has 2 N–H and O–H groups in total. The highest BCUT2D eigenvalue weighted by Gasteiger charge is 2.09. The fourth-order valence-electron chi connectivity index (χ4n) is 4.19. The van der Waals surface area contributed by atoms with E-state index in [4.69, 9.17) is 4.74 Å². The summed E-state index contributed by atoms with van der Waals surface area (Å²) in [5, 5.41) is 8.72. The van der Waals surface area contributed by atoms with Crippen LogP contribution in [-0.4, -0.2) is 52.9 Å². The summed E-state index contributed by atoms with van der Waals surface area (Å²) in [7, 11) is 0. The van der Waals surface area contributed by atoms with Crippen LogP contribution >= 0.6 is 0 Å². The van der Waals surface area contributed by atoms with Gasteiger partial charge in [0.05, 0.1) is 24.6 Å². The minimum Gasteiger partial charge on any atom is -0.379 e. The van der Waals surface area contributed by atoms with Crippen molar-refractivity contribution in [2.24, 2.45) is 0 Å². The van der Waals surface area contributed by atoms with Crippen LogP contribution < -0.4 is 0 Å². The number of aromatic nitrogens is 3. The second kappa shape index (κ2) is 10.5. The van der Waals surface area contributed by atoms with Crippen molar-refractivity contribution in [2.75, 3.05) is 32.8 Å². The molecule has 2 aromatic carbocycles. The van der Waals surface area contributed by atoms with Crippen molar-refractivity contribution in [1.29, 1.82) is 0 Å². The highest BCUT2D eigenvalue weighted by atomic mass is 16.5. The summed E-state index contributed by atoms with van der Waals surface area (Å²) in [5.74, 6) is 0. The molecule has 1 fully saturated rings. The number of nitrogens with one attached hydrogen (secondary N) is 2. The lowest BCUT2D eigenvalue weighted by atomic mass is 10.1. The molecule has 0 radical (unpaired) electrons. The summed E-state index contributed by atoms with van der Waals surface area (Å²) < 4.78 is 5.42. The molecular weight excluding hydrogens is 408 g/mol. The van der Waals surface area contributed by atoms with Gasteiger partial charge in [-0.1, -0.05) is 48.6 Å². The third-order valence-corrected chi connectivity index (χ3v) is 6.12. The maximum atomic E-state index is 5.42. The SMILES string of the molecule is C(=C\c1cc(/C=C/c2ccc3cc[nH]c3c2)n[nH]1)/c1ccc(CCCN2CCOCC2)cc1. The van der Waals surface area contributed by atoms with Gasteiger partial charge in [-0.2, -0.15) is 5.10 Å². The number of hydrogen-bond acceptors (Lipinski definition) is 3. The van der Waals surface area contributed by atoms with Crippen LogP contribution in [0.4, 0.5) is 0 Å². The first-order valence-electron chi connectivity index (χ1n) is 11.7. The molecule has 0 atom stereocenters. The van der Waals surface area contributed by atoms with Gasteiger partial charge in [-0.3, -0.25) is 10.00 Å². The largest absolute Gasteiger partial charge is 0.379 e. The Balaban J connectivity index is 1.13. The van der Waals surface area contributed by atoms with Gasteiger partial charge in [0.15, 0.2) is 0 Å². The number of fused-ring (bicyclic) bond motifs is 1. The van der Waals surface area contributed by atoms with E-state index in [0.29, 0.717) is 0 Å². The van der Waals surface area contributed by atoms with Crippen molar-refractivity contribution in [3.63, 3.8) is 0 Å². The average Bonchev–Trinajstić information content (AvgIpc) is 3.52. The first kappa shape index (κ1) is 21.4. The van der Waals surface area contributed by atoms with E-state index in [-0.39, 0.29) is 0 Å². The quantitative estimate of drug-likeness (QED) is 0.382. The Morgan fingerprint density at radius 3 is 2.58 bits per heavy atom. The summed E-state index contributed by atoms with van der Waals surface area (Å²) in [6.45, 7) is 5.04. The lowest BCUT2D eigenvalue weighted by molar-refractivity contribution is 0.0375. The summed E-state index contributed by atoms with van der Waals surface area (Å²) in [6, 6.07) is 19.4. The van der Waals surface area contributed by atoms with Gasteiger partial charge < -0.3 is 9.72 Å². The van der Waals surface area contributed by atoms with Gasteiger partial charge in [0.25, 0.3) is 0 Å². The van der Waals surface area contributed by atoms with Crippen LogP contribution in [0.15, 0.2) is 60.8 Å². The van der Waals surface area contributed by atoms with Crippen molar-refractivity contribution in [3.8, 4) is 0 Å². The molecular formula is C28H30N4O. The lowest BCUT2D eigenvalue weighted by Crippen LogP contribution is -2.36. The Bertz CT molecular complexity index is 1230. The summed E-state index contributed by atoms with van der Waals surface area (Å²) in [6.07, 6.45) is 12.6. The average molecular weight is 439 g/mol. The highest BCUT2D eigenvalue weighted by Crippen LogP contribution is 2.17. The van der Waals surface area contributed by atoms with Crippen molar-refractivity contribution < 1.29 is 4.74 Å². The Hall–Kier alpha value is -3.41. The van der Waals surface area contributed by atoms with Crippen molar-refractivity contribution in [3.05, 3.63) is 88.9 Å². The van der Waals surface area contributed by atoms with Gasteiger partial charge >= 0.3 is 0 Å². The van der Waals surface area contributed by atoms with Crippen LogP contribution in [0.1, 0.15) is 34.5 Å². The standard InChI is InChI=1S/C28H30N4O/c1(15-32-16-18-33-19-17-32)2-22-3-5-23(6-4-22)8-11-26-21-27(31-30-26)12-9-24-7-10-25-13-14-29-28(25)20-24/h3-14,20-21,29H,1-2,15-19H2,(H,30,31)/b11-8+,12-9+. The number of hydrogen-bond donors (Lipinski definition) is 2. The molecule has 0 amide bonds. The van der Waals surface area contributed by atoms with Crippen LogP contribution in [0.5, 0.6) is 0 Å². The van der Waals surface area contributed by atoms with Crippen LogP contribution in [0, 0.1) is 0 Å². The number of morpholine rings is 1. The number of aromatic amines is 2. The zero-order valence-electron chi connectivity index (χ0n) is 18.8. The van der Waals surface area contributed by atoms with Gasteiger partial charge in [-0.15, -0.1) is 0 Å². The monoisotopic (exact) mass is 438 g/mol. The molecule has 0 unspecified atom stereocenters. The molecule has 5 heteroatoms. The molecule has 3 heterocycles. The predicted octanol–water partition coefficient (Wildman–Crippen LogP) is 5.50. The predicted molar refractivity (Wildman–Crippen MR) is 137 cm³/mol. The number of H-pyrrole nitrogens is 2. The van der Waals surface area contributed by atoms with Gasteiger partial charge in [-0.25, -0.2) is 0 Å². The van der Waals surface area contributed by atoms with E-state index in [9.17, 15) is 0 Å². The zero-order valence-corrected chi connectivity index (χ0v) is 18.8. The molecule has 0 spiro atoms. The maximum Gasteiger partial charge on any atom is 0.0854 e. The molecule has 1 aliphatic rings. The zero-order chi connectivity index (χ0) is 22.3. The normalized spacial score (nSPS) is 15.3. The second-order valence-corrected chi connectivity index (χ2v) is 8.54. The molecule has 168 valence electrons. The number of ether oxygens (including phenoxy) is 1. The van der Waals surface area contributed by atoms with E-state index in [0.717, 1.165) is 61.7 Å². The highest BCUT2D eigenvalue weighted by molar-refractivity contribution is 5.83. The lowest BCUT2D eigenvalue weighted by Gasteiger charge is -2.26. The van der Waals surface area contributed by atoms with Gasteiger partial charge in [0.1, 0.15) is 0 Å². The fourth-order valence-corrected chi connectivity index (χ4v) is 4.19. The number of rotatable bonds is 8. The van der Waals surface area contributed by atoms with E-state index in [1.54, 1.807) is 0 Å². The summed E-state index contributed by atoms with van der Waals surface area (Å²) in [5.41, 5.74) is 6.78. The Morgan fingerprint density at radius 1 is 0.879 bits per heavy atom. The minimum atomic E-state index is 0.874. The van der Waals surface area contributed by atoms with E-state index in [1.165, 1.54) is 22.9 Å². The van der Waals surface area contributed by atoms with E-state index < -0.39 is 0 Å². The topological polar surface area (TPSA) is 56.9 Å². The minimum absolute atomic E-state index is 0.874. The summed E-state index contributed by atoms with van der Waals surface area (Å²) in [4.78, 5) is 5.75. The van der Waals surface area contributed by atoms with E-state index in [2.05, 4.69) is 92.9 Å². The number of nitrogens with zero attached hydrogens (tertiary/aromatic N) is 2. The van der Waals surface area contributed by atoms with Gasteiger partial charge in [-0.05, 0) is 71.8 Å². The third kappa shape index (κ3) is 5.89. The third-order valence-electron chi connectivity index (χ3n) is 6.12. The van der Waals surface area contributed by atoms with Gasteiger partial charge in [0.2, 0.25) is 0 Å². The van der Waals surface area contributed by atoms with Crippen LogP contribution in [0.2, 0.25) is 0 Å². The number of benzene rings is 2. The Labute approximate surface area is 194 Å². The smallest absolute Gasteiger partial charge is 0.0854 e. The van der Waals surface area contributed by atoms with Gasteiger partial charge in [0, 0.05) is 24.8 Å². The molecule has 0 aliphatic carbocycles. The van der Waals surface area contributed by atoms with Crippen LogP contribution in [0.25, 0.3) is 35.2 Å². The molecule has 0 saturated carbocycles. The van der Waals surface area contributed by atoms with Crippen molar-refractivity contribution in [2.45, 2.75) is 12.8 Å². The molecule has 33 heavy (non-hydrogen) atoms. The van der Waals surface area contributed by atoms with Crippen molar-refractivity contribution in [1.82, 2.24) is 20.1 Å². The molecule has 5 rings (SSSR count). The molecule has 4 aromatic rings. The fraction of sp³-hybridized carbons (Fsp3) is 0.250.